The fourth-order valence-electron chi connectivity index (χ4n) is 0.305. The minimum atomic E-state index is -4.45. The van der Waals surface area contributed by atoms with Crippen LogP contribution in [0, 0.1) is 0 Å². The van der Waals surface area contributed by atoms with E-state index in [-0.39, 0.29) is 36.2 Å². The molecule has 0 saturated heterocycles. The Kier molecular flexibility index (Phi) is 8.85. The van der Waals surface area contributed by atoms with Crippen LogP contribution >= 0.6 is 0 Å². The summed E-state index contributed by atoms with van der Waals surface area (Å²) in [6, 6.07) is 0. The Morgan fingerprint density at radius 3 is 2.30 bits per heavy atom. The van der Waals surface area contributed by atoms with Gasteiger partial charge in [0.05, 0.1) is 6.61 Å². The van der Waals surface area contributed by atoms with Gasteiger partial charge >= 0.3 is 29.6 Å². The van der Waals surface area contributed by atoms with Gasteiger partial charge in [0.25, 0.3) is 0 Å². The zero-order valence-corrected chi connectivity index (χ0v) is 8.98. The third-order valence-electron chi connectivity index (χ3n) is 0.726. The Morgan fingerprint density at radius 1 is 1.50 bits per heavy atom. The summed E-state index contributed by atoms with van der Waals surface area (Å²) in [5, 5.41) is 0. The molecular weight excluding hydrogens is 167 g/mol. The van der Waals surface area contributed by atoms with E-state index in [1.54, 1.807) is 0 Å². The van der Waals surface area contributed by atoms with Crippen molar-refractivity contribution in [2.24, 2.45) is 0 Å². The van der Waals surface area contributed by atoms with Gasteiger partial charge in [-0.3, -0.25) is 4.18 Å². The summed E-state index contributed by atoms with van der Waals surface area (Å²) in [6.07, 6.45) is 1.41. The smallest absolute Gasteiger partial charge is 0.726 e. The number of hydrogen-bond acceptors (Lipinski definition) is 4. The maximum atomic E-state index is 9.73. The summed E-state index contributed by atoms with van der Waals surface area (Å²) >= 11 is 0. The first-order valence-electron chi connectivity index (χ1n) is 2.66. The van der Waals surface area contributed by atoms with Crippen LogP contribution in [-0.2, 0) is 14.6 Å². The maximum absolute atomic E-state index is 9.73. The summed E-state index contributed by atoms with van der Waals surface area (Å²) in [5.41, 5.74) is 0. The zero-order valence-electron chi connectivity index (χ0n) is 6.16. The van der Waals surface area contributed by atoms with Crippen LogP contribution in [0.2, 0.25) is 0 Å². The molecule has 4 nitrogen and oxygen atoms in total. The van der Waals surface area contributed by atoms with Gasteiger partial charge in [0, 0.05) is 0 Å². The first-order chi connectivity index (χ1) is 4.06. The van der Waals surface area contributed by atoms with E-state index in [1.807, 2.05) is 6.92 Å². The quantitative estimate of drug-likeness (QED) is 0.202. The number of hydrogen-bond donors (Lipinski definition) is 0. The van der Waals surface area contributed by atoms with E-state index in [9.17, 15) is 13.0 Å². The Hall–Kier alpha value is 0.870. The molecule has 10 heavy (non-hydrogen) atoms. The van der Waals surface area contributed by atoms with E-state index in [0.29, 0.717) is 6.42 Å². The molecule has 56 valence electrons. The fraction of sp³-hybridized carbons (Fsp3) is 1.00. The van der Waals surface area contributed by atoms with Gasteiger partial charge in [-0.15, -0.1) is 0 Å². The van der Waals surface area contributed by atoms with Crippen LogP contribution in [0.25, 0.3) is 0 Å². The Balaban J connectivity index is 0. The number of rotatable bonds is 4. The molecule has 0 aliphatic rings. The molecule has 0 spiro atoms. The average molecular weight is 176 g/mol. The number of unbranched alkanes of at least 4 members (excludes halogenated alkanes) is 1. The van der Waals surface area contributed by atoms with E-state index >= 15 is 0 Å². The van der Waals surface area contributed by atoms with Crippen LogP contribution in [0.15, 0.2) is 0 Å². The van der Waals surface area contributed by atoms with Crippen molar-refractivity contribution in [1.29, 1.82) is 0 Å². The summed E-state index contributed by atoms with van der Waals surface area (Å²) in [6.45, 7) is 1.88. The average Bonchev–Trinajstić information content (AvgIpc) is 1.63. The standard InChI is InChI=1S/C4H10O4S.Na/c1-2-3-4-8-9(5,6)7;/h2-4H2,1H3,(H,5,6,7);/q;+1/p-1. The zero-order chi connectivity index (χ0) is 7.33. The van der Waals surface area contributed by atoms with Gasteiger partial charge < -0.3 is 4.55 Å². The van der Waals surface area contributed by atoms with Gasteiger partial charge in [0.1, 0.15) is 0 Å². The molecule has 0 unspecified atom stereocenters. The van der Waals surface area contributed by atoms with E-state index in [4.69, 9.17) is 0 Å². The second kappa shape index (κ2) is 6.57. The minimum absolute atomic E-state index is 0. The molecule has 0 radical (unpaired) electrons. The van der Waals surface area contributed by atoms with Gasteiger partial charge in [-0.25, -0.2) is 8.42 Å². The summed E-state index contributed by atoms with van der Waals surface area (Å²) < 4.78 is 33.1. The predicted octanol–water partition coefficient (Wildman–Crippen LogP) is -2.73. The molecule has 0 saturated carbocycles. The molecular formula is C4H9NaO4S. The van der Waals surface area contributed by atoms with Gasteiger partial charge in [-0.2, -0.15) is 0 Å². The molecule has 6 heteroatoms. The van der Waals surface area contributed by atoms with Crippen molar-refractivity contribution in [1.82, 2.24) is 0 Å². The molecule has 0 aliphatic heterocycles. The van der Waals surface area contributed by atoms with Gasteiger partial charge in [0.2, 0.25) is 10.4 Å². The minimum Gasteiger partial charge on any atom is -0.726 e. The first kappa shape index (κ1) is 13.5. The predicted molar refractivity (Wildman–Crippen MR) is 30.6 cm³/mol. The summed E-state index contributed by atoms with van der Waals surface area (Å²) in [7, 11) is -4.45. The van der Waals surface area contributed by atoms with E-state index in [0.717, 1.165) is 6.42 Å². The van der Waals surface area contributed by atoms with E-state index in [1.165, 1.54) is 0 Å². The SMILES string of the molecule is CCCCOS(=O)(=O)[O-].[Na+]. The van der Waals surface area contributed by atoms with E-state index in [2.05, 4.69) is 4.18 Å². The van der Waals surface area contributed by atoms with Crippen LogP contribution < -0.4 is 29.6 Å². The van der Waals surface area contributed by atoms with E-state index < -0.39 is 10.4 Å². The first-order valence-corrected chi connectivity index (χ1v) is 4.00. The topological polar surface area (TPSA) is 66.4 Å². The van der Waals surface area contributed by atoms with Crippen molar-refractivity contribution in [2.75, 3.05) is 6.61 Å². The summed E-state index contributed by atoms with van der Waals surface area (Å²) in [4.78, 5) is 0. The molecule has 0 heterocycles. The third-order valence-corrected chi connectivity index (χ3v) is 1.18. The Bertz CT molecular complexity index is 153. The van der Waals surface area contributed by atoms with Gasteiger partial charge in [-0.05, 0) is 6.42 Å². The Labute approximate surface area is 83.2 Å². The normalized spacial score (nSPS) is 10.6. The molecule has 0 aromatic heterocycles. The van der Waals surface area contributed by atoms with Gasteiger partial charge in [0.15, 0.2) is 0 Å². The van der Waals surface area contributed by atoms with Crippen molar-refractivity contribution in [3.63, 3.8) is 0 Å². The van der Waals surface area contributed by atoms with Crippen molar-refractivity contribution in [3.05, 3.63) is 0 Å². The molecule has 0 fully saturated rings. The molecule has 0 N–H and O–H groups in total. The van der Waals surface area contributed by atoms with Crippen LogP contribution in [0.5, 0.6) is 0 Å². The van der Waals surface area contributed by atoms with Crippen LogP contribution in [-0.4, -0.2) is 19.6 Å². The maximum Gasteiger partial charge on any atom is 1.00 e. The molecule has 0 atom stereocenters. The van der Waals surface area contributed by atoms with Crippen molar-refractivity contribution in [3.8, 4) is 0 Å². The summed E-state index contributed by atoms with van der Waals surface area (Å²) in [5.74, 6) is 0. The molecule has 0 rings (SSSR count). The van der Waals surface area contributed by atoms with Crippen molar-refractivity contribution >= 4 is 10.4 Å². The van der Waals surface area contributed by atoms with Crippen molar-refractivity contribution in [2.45, 2.75) is 19.8 Å². The second-order valence-electron chi connectivity index (χ2n) is 1.58. The molecule has 0 aromatic carbocycles. The van der Waals surface area contributed by atoms with Crippen molar-refractivity contribution < 1.29 is 46.7 Å². The molecule has 0 aromatic rings. The van der Waals surface area contributed by atoms with Crippen LogP contribution in [0.1, 0.15) is 19.8 Å². The van der Waals surface area contributed by atoms with Crippen LogP contribution in [0.3, 0.4) is 0 Å². The van der Waals surface area contributed by atoms with Crippen LogP contribution in [0.4, 0.5) is 0 Å². The molecule has 0 aliphatic carbocycles. The third kappa shape index (κ3) is 11.6. The fourth-order valence-corrected chi connectivity index (χ4v) is 0.627. The second-order valence-corrected chi connectivity index (χ2v) is 2.64. The van der Waals surface area contributed by atoms with Gasteiger partial charge in [-0.1, -0.05) is 13.3 Å². The molecule has 0 bridgehead atoms. The monoisotopic (exact) mass is 176 g/mol. The largest absolute Gasteiger partial charge is 1.00 e. The Morgan fingerprint density at radius 2 is 2.00 bits per heavy atom. The molecule has 0 amide bonds.